The van der Waals surface area contributed by atoms with E-state index in [1.165, 1.54) is 34.9 Å². The molecule has 0 amide bonds. The van der Waals surface area contributed by atoms with Crippen molar-refractivity contribution >= 4 is 16.5 Å². The van der Waals surface area contributed by atoms with Gasteiger partial charge in [-0.15, -0.1) is 0 Å². The summed E-state index contributed by atoms with van der Waals surface area (Å²) in [6, 6.07) is 13.3. The van der Waals surface area contributed by atoms with Gasteiger partial charge in [0.15, 0.2) is 0 Å². The highest BCUT2D eigenvalue weighted by Crippen LogP contribution is 2.29. The molecule has 2 aromatic carbocycles. The van der Waals surface area contributed by atoms with Crippen molar-refractivity contribution in [2.45, 2.75) is 33.6 Å². The third-order valence-electron chi connectivity index (χ3n) is 3.45. The van der Waals surface area contributed by atoms with Gasteiger partial charge in [0.05, 0.1) is 0 Å². The number of fused-ring (bicyclic) bond motifs is 1. The Morgan fingerprint density at radius 1 is 0.833 bits per heavy atom. The number of aryl methyl sites for hydroxylation is 1. The number of rotatable bonds is 5. The van der Waals surface area contributed by atoms with Crippen LogP contribution < -0.4 is 4.90 Å². The van der Waals surface area contributed by atoms with Crippen LogP contribution in [0.2, 0.25) is 0 Å². The fourth-order valence-corrected chi connectivity index (χ4v) is 2.60. The average molecular weight is 241 g/mol. The molecule has 0 aromatic heterocycles. The van der Waals surface area contributed by atoms with E-state index < -0.39 is 0 Å². The second-order valence-corrected chi connectivity index (χ2v) is 4.93. The molecule has 2 aromatic rings. The summed E-state index contributed by atoms with van der Waals surface area (Å²) >= 11 is 0. The van der Waals surface area contributed by atoms with Gasteiger partial charge in [-0.3, -0.25) is 0 Å². The summed E-state index contributed by atoms with van der Waals surface area (Å²) < 4.78 is 0. The fraction of sp³-hybridized carbons (Fsp3) is 0.412. The molecule has 0 unspecified atom stereocenters. The largest absolute Gasteiger partial charge is 0.371 e. The first-order chi connectivity index (χ1) is 8.77. The summed E-state index contributed by atoms with van der Waals surface area (Å²) in [5.41, 5.74) is 2.75. The van der Waals surface area contributed by atoms with Gasteiger partial charge in [-0.05, 0) is 36.8 Å². The Morgan fingerprint density at radius 2 is 1.44 bits per heavy atom. The van der Waals surface area contributed by atoms with E-state index >= 15 is 0 Å². The van der Waals surface area contributed by atoms with Crippen LogP contribution in [0.15, 0.2) is 36.4 Å². The molecule has 0 aliphatic carbocycles. The first-order valence-electron chi connectivity index (χ1n) is 7.01. The van der Waals surface area contributed by atoms with Crippen molar-refractivity contribution in [3.63, 3.8) is 0 Å². The zero-order chi connectivity index (χ0) is 13.0. The van der Waals surface area contributed by atoms with Gasteiger partial charge in [0.25, 0.3) is 0 Å². The van der Waals surface area contributed by atoms with E-state index in [1.54, 1.807) is 0 Å². The number of hydrogen-bond acceptors (Lipinski definition) is 1. The number of nitrogens with zero attached hydrogens (tertiary/aromatic N) is 1. The van der Waals surface area contributed by atoms with Crippen molar-refractivity contribution in [2.75, 3.05) is 18.0 Å². The van der Waals surface area contributed by atoms with Gasteiger partial charge >= 0.3 is 0 Å². The average Bonchev–Trinajstić information content (AvgIpc) is 2.39. The van der Waals surface area contributed by atoms with Gasteiger partial charge in [-0.2, -0.15) is 0 Å². The number of hydrogen-bond donors (Lipinski definition) is 0. The molecule has 0 bridgehead atoms. The molecule has 0 saturated carbocycles. The van der Waals surface area contributed by atoms with E-state index in [2.05, 4.69) is 62.1 Å². The van der Waals surface area contributed by atoms with Crippen LogP contribution in [0, 0.1) is 6.92 Å². The van der Waals surface area contributed by atoms with Crippen LogP contribution in [0.5, 0.6) is 0 Å². The van der Waals surface area contributed by atoms with Crippen LogP contribution in [-0.4, -0.2) is 13.1 Å². The van der Waals surface area contributed by atoms with E-state index in [4.69, 9.17) is 0 Å². The Balaban J connectivity index is 2.52. The molecule has 1 nitrogen and oxygen atoms in total. The summed E-state index contributed by atoms with van der Waals surface area (Å²) in [6.07, 6.45) is 2.39. The maximum absolute atomic E-state index is 2.52. The van der Waals surface area contributed by atoms with Gasteiger partial charge in [0.2, 0.25) is 0 Å². The molecule has 0 saturated heterocycles. The first kappa shape index (κ1) is 12.9. The summed E-state index contributed by atoms with van der Waals surface area (Å²) in [5, 5.41) is 2.77. The van der Waals surface area contributed by atoms with Gasteiger partial charge in [-0.1, -0.05) is 44.2 Å². The second kappa shape index (κ2) is 5.90. The topological polar surface area (TPSA) is 3.24 Å². The van der Waals surface area contributed by atoms with Crippen LogP contribution in [0.25, 0.3) is 10.8 Å². The molecule has 0 N–H and O–H groups in total. The van der Waals surface area contributed by atoms with Crippen LogP contribution >= 0.6 is 0 Å². The standard InChI is InChI=1S/C17H23N/c1-4-12-18(13-5-2)17-11-10-14(3)15-8-6-7-9-16(15)17/h6-11H,4-5,12-13H2,1-3H3. The second-order valence-electron chi connectivity index (χ2n) is 4.93. The van der Waals surface area contributed by atoms with Crippen LogP contribution in [0.1, 0.15) is 32.3 Å². The third kappa shape index (κ3) is 2.50. The monoisotopic (exact) mass is 241 g/mol. The smallest absolute Gasteiger partial charge is 0.0446 e. The minimum absolute atomic E-state index is 1.14. The van der Waals surface area contributed by atoms with E-state index in [-0.39, 0.29) is 0 Å². The zero-order valence-electron chi connectivity index (χ0n) is 11.7. The van der Waals surface area contributed by atoms with Crippen LogP contribution in [-0.2, 0) is 0 Å². The molecule has 96 valence electrons. The van der Waals surface area contributed by atoms with Gasteiger partial charge in [-0.25, -0.2) is 0 Å². The lowest BCUT2D eigenvalue weighted by atomic mass is 10.0. The maximum Gasteiger partial charge on any atom is 0.0446 e. The molecule has 2 rings (SSSR count). The molecule has 0 aliphatic heterocycles. The highest BCUT2D eigenvalue weighted by Gasteiger charge is 2.09. The van der Waals surface area contributed by atoms with Crippen LogP contribution in [0.4, 0.5) is 5.69 Å². The SMILES string of the molecule is CCCN(CCC)c1ccc(C)c2ccccc12. The van der Waals surface area contributed by atoms with Crippen molar-refractivity contribution in [2.24, 2.45) is 0 Å². The summed E-state index contributed by atoms with van der Waals surface area (Å²) in [7, 11) is 0. The lowest BCUT2D eigenvalue weighted by molar-refractivity contribution is 0.747. The van der Waals surface area contributed by atoms with E-state index in [0.29, 0.717) is 0 Å². The van der Waals surface area contributed by atoms with Crippen LogP contribution in [0.3, 0.4) is 0 Å². The highest BCUT2D eigenvalue weighted by molar-refractivity contribution is 5.96. The zero-order valence-corrected chi connectivity index (χ0v) is 11.7. The van der Waals surface area contributed by atoms with E-state index in [9.17, 15) is 0 Å². The Labute approximate surface area is 110 Å². The van der Waals surface area contributed by atoms with Crippen molar-refractivity contribution in [3.05, 3.63) is 42.0 Å². The molecular formula is C17H23N. The Hall–Kier alpha value is -1.50. The Kier molecular flexibility index (Phi) is 4.24. The molecule has 0 heterocycles. The summed E-state index contributed by atoms with van der Waals surface area (Å²) in [6.45, 7) is 8.97. The quantitative estimate of drug-likeness (QED) is 0.728. The minimum atomic E-state index is 1.14. The summed E-state index contributed by atoms with van der Waals surface area (Å²) in [4.78, 5) is 2.52. The molecule has 0 spiro atoms. The number of anilines is 1. The lowest BCUT2D eigenvalue weighted by Gasteiger charge is -2.25. The molecular weight excluding hydrogens is 218 g/mol. The van der Waals surface area contributed by atoms with E-state index in [0.717, 1.165) is 13.1 Å². The van der Waals surface area contributed by atoms with Crippen molar-refractivity contribution in [1.29, 1.82) is 0 Å². The summed E-state index contributed by atoms with van der Waals surface area (Å²) in [5.74, 6) is 0. The van der Waals surface area contributed by atoms with Gasteiger partial charge in [0, 0.05) is 24.2 Å². The Morgan fingerprint density at radius 3 is 2.06 bits per heavy atom. The molecule has 0 fully saturated rings. The Bertz CT molecular complexity index is 510. The fourth-order valence-electron chi connectivity index (χ4n) is 2.60. The van der Waals surface area contributed by atoms with Crippen molar-refractivity contribution in [3.8, 4) is 0 Å². The molecule has 0 radical (unpaired) electrons. The van der Waals surface area contributed by atoms with E-state index in [1.807, 2.05) is 0 Å². The predicted molar refractivity (Wildman–Crippen MR) is 81.5 cm³/mol. The molecule has 18 heavy (non-hydrogen) atoms. The molecule has 1 heteroatoms. The normalized spacial score (nSPS) is 10.8. The maximum atomic E-state index is 2.52. The first-order valence-corrected chi connectivity index (χ1v) is 7.01. The lowest BCUT2D eigenvalue weighted by Crippen LogP contribution is -2.25. The molecule has 0 atom stereocenters. The third-order valence-corrected chi connectivity index (χ3v) is 3.45. The van der Waals surface area contributed by atoms with Gasteiger partial charge < -0.3 is 4.90 Å². The predicted octanol–water partition coefficient (Wildman–Crippen LogP) is 4.77. The number of benzene rings is 2. The van der Waals surface area contributed by atoms with Crippen molar-refractivity contribution in [1.82, 2.24) is 0 Å². The van der Waals surface area contributed by atoms with Gasteiger partial charge in [0.1, 0.15) is 0 Å². The highest BCUT2D eigenvalue weighted by atomic mass is 15.1. The molecule has 0 aliphatic rings. The minimum Gasteiger partial charge on any atom is -0.371 e. The van der Waals surface area contributed by atoms with Crippen molar-refractivity contribution < 1.29 is 0 Å².